The molecule has 0 saturated heterocycles. The van der Waals surface area contributed by atoms with Crippen molar-refractivity contribution in [3.63, 3.8) is 0 Å². The van der Waals surface area contributed by atoms with E-state index in [0.29, 0.717) is 0 Å². The smallest absolute Gasteiger partial charge is 0.0547 e. The summed E-state index contributed by atoms with van der Waals surface area (Å²) in [5, 5.41) is 17.5. The van der Waals surface area contributed by atoms with E-state index in [0.717, 1.165) is 22.7 Å². The molecule has 6 heteroatoms. The molecule has 0 fully saturated rings. The van der Waals surface area contributed by atoms with Gasteiger partial charge in [0.2, 0.25) is 0 Å². The first kappa shape index (κ1) is 63.1. The summed E-state index contributed by atoms with van der Waals surface area (Å²) in [7, 11) is 0. The molecule has 0 N–H and O–H groups in total. The molecule has 0 atom stereocenters. The summed E-state index contributed by atoms with van der Waals surface area (Å²) in [6.45, 7) is 0. The Hall–Kier alpha value is -15.0. The zero-order valence-electron chi connectivity index (χ0n) is 60.9. The van der Waals surface area contributed by atoms with Crippen LogP contribution in [0.15, 0.2) is 413 Å². The number of hydrogen-bond acceptors (Lipinski definition) is 0. The van der Waals surface area contributed by atoms with Crippen molar-refractivity contribution in [1.82, 2.24) is 27.4 Å². The molecule has 6 nitrogen and oxygen atoms in total. The average Bonchev–Trinajstić information content (AvgIpc) is 1.58. The zero-order chi connectivity index (χ0) is 73.5. The molecule has 18 aromatic carbocycles. The molecule has 0 aliphatic heterocycles. The third-order valence-electron chi connectivity index (χ3n) is 23.5. The molecular weight excluding hydrogens is 1360 g/mol. The maximum atomic E-state index is 2.46. The van der Waals surface area contributed by atoms with Crippen molar-refractivity contribution < 1.29 is 0 Å². The van der Waals surface area contributed by atoms with Crippen molar-refractivity contribution in [2.45, 2.75) is 0 Å². The van der Waals surface area contributed by atoms with Crippen LogP contribution < -0.4 is 0 Å². The van der Waals surface area contributed by atoms with Gasteiger partial charge in [0.1, 0.15) is 0 Å². The minimum Gasteiger partial charge on any atom is -0.309 e. The lowest BCUT2D eigenvalue weighted by atomic mass is 9.95. The molecule has 0 radical (unpaired) electrons. The molecule has 0 spiro atoms. The molecule has 112 heavy (non-hydrogen) atoms. The molecule has 0 amide bonds. The SMILES string of the molecule is c1ccc(-c2ccc(-n3c4ccccc4c4c(-c5cccc6c5c5ccccc5n6-c5ccc6c(c5)c5ccccc5n6-c5ccccc5)cccc43)cc2)cc1.c1ccc(-n2c3ccccc3c3cc(-n4c5ccccc5c5c(-c6cccc7c6c6ccccc6n7-c6cccc7ccccc67)cccc54)ccc32)cc1. The molecule has 522 valence electrons. The van der Waals surface area contributed by atoms with Crippen LogP contribution in [0.1, 0.15) is 0 Å². The van der Waals surface area contributed by atoms with Gasteiger partial charge in [-0.25, -0.2) is 0 Å². The minimum atomic E-state index is 1.15. The topological polar surface area (TPSA) is 29.6 Å². The number of rotatable bonds is 9. The molecule has 0 aliphatic carbocycles. The lowest BCUT2D eigenvalue weighted by Gasteiger charge is -2.12. The minimum absolute atomic E-state index is 1.15. The molecule has 0 unspecified atom stereocenters. The summed E-state index contributed by atoms with van der Waals surface area (Å²) < 4.78 is 14.6. The Morgan fingerprint density at radius 3 is 0.812 bits per heavy atom. The lowest BCUT2D eigenvalue weighted by molar-refractivity contribution is 1.17. The predicted octanol–water partition coefficient (Wildman–Crippen LogP) is 28.1. The number of fused-ring (bicyclic) bond motifs is 19. The Labute approximate surface area is 644 Å². The standard InChI is InChI=1S/C54H35N3.C52H33N3/c1-3-15-36(16-4-1)37-29-31-39(32-30-37)56-48-25-11-8-20-44(48)53-42(22-13-27-51(53)56)43-23-14-28-52-54(43)45-21-9-12-26-49(45)57(52)40-33-34-50-46(35-40)41-19-7-10-24-47(41)55(50)38-17-5-2-6-18-38;1-2-17-35(18-3-1)53-45-25-9-6-20-38(45)43-33-36(31-32-48(43)53)54-46-26-10-7-21-41(46)51-39(23-13-29-49(51)54)40-24-14-30-50-52(40)42-22-8-11-27-47(42)55(50)44-28-12-16-34-15-4-5-19-37(34)44/h1-35H;1-33H. The molecule has 6 heterocycles. The molecular formula is C106H68N6. The molecule has 6 aromatic heterocycles. The molecule has 24 aromatic rings. The van der Waals surface area contributed by atoms with Gasteiger partial charge in [0, 0.05) is 98.5 Å². The highest BCUT2D eigenvalue weighted by Crippen LogP contribution is 2.48. The van der Waals surface area contributed by atoms with E-state index in [-0.39, 0.29) is 0 Å². The van der Waals surface area contributed by atoms with Gasteiger partial charge in [0.25, 0.3) is 0 Å². The summed E-state index contributed by atoms with van der Waals surface area (Å²) in [6, 6.07) is 151. The van der Waals surface area contributed by atoms with Crippen LogP contribution in [-0.2, 0) is 0 Å². The van der Waals surface area contributed by atoms with Gasteiger partial charge >= 0.3 is 0 Å². The van der Waals surface area contributed by atoms with Gasteiger partial charge in [0.15, 0.2) is 0 Å². The van der Waals surface area contributed by atoms with Crippen LogP contribution in [0, 0.1) is 0 Å². The van der Waals surface area contributed by atoms with Crippen LogP contribution in [0.25, 0.3) is 209 Å². The second kappa shape index (κ2) is 25.3. The van der Waals surface area contributed by atoms with E-state index in [4.69, 9.17) is 0 Å². The van der Waals surface area contributed by atoms with Crippen molar-refractivity contribution in [2.24, 2.45) is 0 Å². The highest BCUT2D eigenvalue weighted by atomic mass is 15.0. The lowest BCUT2D eigenvalue weighted by Crippen LogP contribution is -1.96. The van der Waals surface area contributed by atoms with Gasteiger partial charge in [-0.1, -0.05) is 273 Å². The number of para-hydroxylation sites is 8. The Balaban J connectivity index is 0.000000134. The van der Waals surface area contributed by atoms with Crippen LogP contribution in [0.5, 0.6) is 0 Å². The van der Waals surface area contributed by atoms with E-state index in [1.54, 1.807) is 0 Å². The fourth-order valence-corrected chi connectivity index (χ4v) is 18.8. The van der Waals surface area contributed by atoms with Gasteiger partial charge in [-0.2, -0.15) is 0 Å². The molecule has 0 bridgehead atoms. The van der Waals surface area contributed by atoms with Gasteiger partial charge < -0.3 is 27.4 Å². The van der Waals surface area contributed by atoms with Crippen LogP contribution in [0.2, 0.25) is 0 Å². The highest BCUT2D eigenvalue weighted by molar-refractivity contribution is 6.25. The van der Waals surface area contributed by atoms with E-state index in [1.165, 1.54) is 186 Å². The van der Waals surface area contributed by atoms with E-state index in [9.17, 15) is 0 Å². The van der Waals surface area contributed by atoms with Gasteiger partial charge in [-0.15, -0.1) is 0 Å². The maximum Gasteiger partial charge on any atom is 0.0547 e. The van der Waals surface area contributed by atoms with Crippen molar-refractivity contribution in [3.05, 3.63) is 413 Å². The first-order chi connectivity index (χ1) is 55.6. The second-order valence-corrected chi connectivity index (χ2v) is 29.4. The largest absolute Gasteiger partial charge is 0.309 e. The number of benzene rings is 18. The summed E-state index contributed by atoms with van der Waals surface area (Å²) in [6.07, 6.45) is 0. The number of nitrogens with zero attached hydrogens (tertiary/aromatic N) is 6. The monoisotopic (exact) mass is 1420 g/mol. The number of aromatic nitrogens is 6. The quantitative estimate of drug-likeness (QED) is 0.138. The van der Waals surface area contributed by atoms with Crippen molar-refractivity contribution >= 4 is 142 Å². The third kappa shape index (κ3) is 9.59. The normalized spacial score (nSPS) is 11.9. The van der Waals surface area contributed by atoms with Gasteiger partial charge in [0.05, 0.1) is 71.9 Å². The number of hydrogen-bond donors (Lipinski definition) is 0. The fraction of sp³-hybridized carbons (Fsp3) is 0. The van der Waals surface area contributed by atoms with Crippen LogP contribution in [-0.4, -0.2) is 27.4 Å². The second-order valence-electron chi connectivity index (χ2n) is 29.4. The van der Waals surface area contributed by atoms with Crippen LogP contribution in [0.3, 0.4) is 0 Å². The third-order valence-corrected chi connectivity index (χ3v) is 23.5. The predicted molar refractivity (Wildman–Crippen MR) is 473 cm³/mol. The maximum absolute atomic E-state index is 2.46. The zero-order valence-corrected chi connectivity index (χ0v) is 60.9. The first-order valence-electron chi connectivity index (χ1n) is 38.6. The van der Waals surface area contributed by atoms with Crippen LogP contribution in [0.4, 0.5) is 0 Å². The summed E-state index contributed by atoms with van der Waals surface area (Å²) in [5.74, 6) is 0. The van der Waals surface area contributed by atoms with Gasteiger partial charge in [-0.3, -0.25) is 0 Å². The molecule has 0 saturated carbocycles. The summed E-state index contributed by atoms with van der Waals surface area (Å²) in [4.78, 5) is 0. The van der Waals surface area contributed by atoms with Crippen molar-refractivity contribution in [2.75, 3.05) is 0 Å². The van der Waals surface area contributed by atoms with Crippen LogP contribution >= 0.6 is 0 Å². The highest BCUT2D eigenvalue weighted by Gasteiger charge is 2.26. The Bertz CT molecular complexity index is 7910. The van der Waals surface area contributed by atoms with Crippen molar-refractivity contribution in [3.8, 4) is 67.5 Å². The average molecular weight is 1430 g/mol. The Kier molecular flexibility index (Phi) is 14.3. The fourth-order valence-electron chi connectivity index (χ4n) is 18.8. The van der Waals surface area contributed by atoms with Gasteiger partial charge in [-0.05, 0) is 178 Å². The van der Waals surface area contributed by atoms with E-state index >= 15 is 0 Å². The Morgan fingerprint density at radius 1 is 0.134 bits per heavy atom. The van der Waals surface area contributed by atoms with E-state index in [1.807, 2.05) is 0 Å². The molecule has 0 aliphatic rings. The summed E-state index contributed by atoms with van der Waals surface area (Å²) >= 11 is 0. The Morgan fingerprint density at radius 2 is 0.393 bits per heavy atom. The van der Waals surface area contributed by atoms with Crippen molar-refractivity contribution in [1.29, 1.82) is 0 Å². The summed E-state index contributed by atoms with van der Waals surface area (Å²) in [5.41, 5.74) is 28.8. The molecule has 24 rings (SSSR count). The first-order valence-corrected chi connectivity index (χ1v) is 38.6. The van der Waals surface area contributed by atoms with E-state index in [2.05, 4.69) is 440 Å². The van der Waals surface area contributed by atoms with E-state index < -0.39 is 0 Å².